The number of amides is 1. The van der Waals surface area contributed by atoms with E-state index in [0.717, 1.165) is 56.7 Å². The summed E-state index contributed by atoms with van der Waals surface area (Å²) in [5, 5.41) is 0. The number of carbonyl (C=O) groups excluding carboxylic acids is 1. The summed E-state index contributed by atoms with van der Waals surface area (Å²) in [6.45, 7) is 4.30. The first-order chi connectivity index (χ1) is 12.3. The highest BCUT2D eigenvalue weighted by Gasteiger charge is 2.48. The van der Waals surface area contributed by atoms with Gasteiger partial charge in [-0.15, -0.1) is 0 Å². The van der Waals surface area contributed by atoms with Crippen molar-refractivity contribution in [3.8, 4) is 0 Å². The molecule has 2 aromatic heterocycles. The van der Waals surface area contributed by atoms with Crippen LogP contribution in [0.5, 0.6) is 0 Å². The smallest absolute Gasteiger partial charge is 0.230 e. The Hall–Kier alpha value is -2.27. The Labute approximate surface area is 148 Å². The first-order valence-corrected chi connectivity index (χ1v) is 9.06. The van der Waals surface area contributed by atoms with E-state index in [0.29, 0.717) is 12.5 Å². The fraction of sp³-hybridized carbons (Fsp3) is 0.450. The number of likely N-dealkylation sites (tertiary alicyclic amines) is 2. The molecule has 0 bridgehead atoms. The van der Waals surface area contributed by atoms with Gasteiger partial charge in [-0.05, 0) is 55.6 Å². The number of aromatic nitrogens is 2. The average molecular weight is 336 g/mol. The molecule has 2 aromatic rings. The van der Waals surface area contributed by atoms with E-state index in [1.807, 2.05) is 35.4 Å². The van der Waals surface area contributed by atoms with Crippen molar-refractivity contribution in [2.75, 3.05) is 19.6 Å². The molecule has 25 heavy (non-hydrogen) atoms. The maximum atomic E-state index is 13.2. The van der Waals surface area contributed by atoms with Crippen molar-refractivity contribution in [1.29, 1.82) is 0 Å². The second kappa shape index (κ2) is 6.92. The molecule has 0 saturated carbocycles. The van der Waals surface area contributed by atoms with Crippen LogP contribution in [-0.2, 0) is 17.9 Å². The fourth-order valence-corrected chi connectivity index (χ4v) is 4.21. The Balaban J connectivity index is 1.43. The minimum atomic E-state index is -0.194. The van der Waals surface area contributed by atoms with Crippen molar-refractivity contribution in [3.05, 3.63) is 60.2 Å². The van der Waals surface area contributed by atoms with Crippen molar-refractivity contribution in [1.82, 2.24) is 19.8 Å². The van der Waals surface area contributed by atoms with Crippen molar-refractivity contribution in [3.63, 3.8) is 0 Å². The standard InChI is InChI=1S/C20H24N4O/c25-19-20(8-13-24(19)14-17-5-10-21-11-6-17)7-3-12-23(16-20)15-18-4-1-2-9-22-18/h1-2,4-6,9-11H,3,7-8,12-16H2/t20-/m0/s1. The molecule has 0 unspecified atom stereocenters. The van der Waals surface area contributed by atoms with Gasteiger partial charge in [-0.1, -0.05) is 6.07 Å². The van der Waals surface area contributed by atoms with Crippen molar-refractivity contribution in [2.24, 2.45) is 5.41 Å². The molecule has 2 saturated heterocycles. The largest absolute Gasteiger partial charge is 0.338 e. The Morgan fingerprint density at radius 1 is 1.00 bits per heavy atom. The Bertz CT molecular complexity index is 721. The van der Waals surface area contributed by atoms with Gasteiger partial charge < -0.3 is 4.90 Å². The topological polar surface area (TPSA) is 49.3 Å². The van der Waals surface area contributed by atoms with Crippen molar-refractivity contribution < 1.29 is 4.79 Å². The van der Waals surface area contributed by atoms with Gasteiger partial charge in [0.1, 0.15) is 0 Å². The van der Waals surface area contributed by atoms with Crippen molar-refractivity contribution in [2.45, 2.75) is 32.4 Å². The predicted octanol–water partition coefficient (Wildman–Crippen LogP) is 2.49. The highest BCUT2D eigenvalue weighted by atomic mass is 16.2. The number of rotatable bonds is 4. The highest BCUT2D eigenvalue weighted by molar-refractivity contribution is 5.85. The van der Waals surface area contributed by atoms with E-state index in [4.69, 9.17) is 0 Å². The summed E-state index contributed by atoms with van der Waals surface area (Å²) in [7, 11) is 0. The molecule has 5 nitrogen and oxygen atoms in total. The summed E-state index contributed by atoms with van der Waals surface area (Å²) >= 11 is 0. The second-order valence-corrected chi connectivity index (χ2v) is 7.25. The lowest BCUT2D eigenvalue weighted by Gasteiger charge is -2.39. The van der Waals surface area contributed by atoms with Crippen LogP contribution in [0.1, 0.15) is 30.5 Å². The van der Waals surface area contributed by atoms with Gasteiger partial charge in [-0.25, -0.2) is 0 Å². The first-order valence-electron chi connectivity index (χ1n) is 9.06. The molecular weight excluding hydrogens is 312 g/mol. The van der Waals surface area contributed by atoms with Crippen LogP contribution in [0.3, 0.4) is 0 Å². The maximum absolute atomic E-state index is 13.2. The molecule has 0 N–H and O–H groups in total. The number of pyridine rings is 2. The van der Waals surface area contributed by atoms with E-state index in [2.05, 4.69) is 20.9 Å². The molecule has 1 atom stereocenters. The van der Waals surface area contributed by atoms with Crippen LogP contribution in [0.15, 0.2) is 48.9 Å². The molecule has 2 aliphatic rings. The van der Waals surface area contributed by atoms with Gasteiger partial charge in [0.05, 0.1) is 11.1 Å². The third-order valence-corrected chi connectivity index (χ3v) is 5.49. The lowest BCUT2D eigenvalue weighted by atomic mass is 9.78. The molecule has 0 aromatic carbocycles. The molecule has 4 rings (SSSR count). The summed E-state index contributed by atoms with van der Waals surface area (Å²) in [6, 6.07) is 10.0. The fourth-order valence-electron chi connectivity index (χ4n) is 4.21. The molecule has 4 heterocycles. The normalized spacial score (nSPS) is 24.2. The van der Waals surface area contributed by atoms with Crippen LogP contribution in [0.2, 0.25) is 0 Å². The van der Waals surface area contributed by atoms with Gasteiger partial charge >= 0.3 is 0 Å². The monoisotopic (exact) mass is 336 g/mol. The van der Waals surface area contributed by atoms with E-state index >= 15 is 0 Å². The zero-order valence-corrected chi connectivity index (χ0v) is 14.5. The first kappa shape index (κ1) is 16.2. The van der Waals surface area contributed by atoms with E-state index in [1.54, 1.807) is 12.4 Å². The van der Waals surface area contributed by atoms with Gasteiger partial charge in [0.2, 0.25) is 5.91 Å². The van der Waals surface area contributed by atoms with Crippen LogP contribution in [0.25, 0.3) is 0 Å². The van der Waals surface area contributed by atoms with Gasteiger partial charge in [-0.3, -0.25) is 19.7 Å². The zero-order valence-electron chi connectivity index (χ0n) is 14.5. The van der Waals surface area contributed by atoms with E-state index in [-0.39, 0.29) is 5.41 Å². The van der Waals surface area contributed by atoms with Crippen LogP contribution >= 0.6 is 0 Å². The van der Waals surface area contributed by atoms with E-state index in [1.165, 1.54) is 0 Å². The number of hydrogen-bond donors (Lipinski definition) is 0. The number of piperidine rings is 1. The number of hydrogen-bond acceptors (Lipinski definition) is 4. The SMILES string of the molecule is O=C1N(Cc2ccncc2)CC[C@]12CCCN(Cc1ccccn1)C2. The summed E-state index contributed by atoms with van der Waals surface area (Å²) < 4.78 is 0. The lowest BCUT2D eigenvalue weighted by molar-refractivity contribution is -0.139. The molecule has 130 valence electrons. The van der Waals surface area contributed by atoms with Crippen LogP contribution in [0, 0.1) is 5.41 Å². The number of carbonyl (C=O) groups is 1. The predicted molar refractivity (Wildman–Crippen MR) is 95.5 cm³/mol. The highest BCUT2D eigenvalue weighted by Crippen LogP contribution is 2.40. The molecule has 5 heteroatoms. The van der Waals surface area contributed by atoms with Gasteiger partial charge in [0.15, 0.2) is 0 Å². The zero-order chi connectivity index (χ0) is 17.1. The second-order valence-electron chi connectivity index (χ2n) is 7.25. The van der Waals surface area contributed by atoms with Gasteiger partial charge in [-0.2, -0.15) is 0 Å². The lowest BCUT2D eigenvalue weighted by Crippen LogP contribution is -2.47. The Morgan fingerprint density at radius 2 is 1.88 bits per heavy atom. The van der Waals surface area contributed by atoms with Crippen LogP contribution < -0.4 is 0 Å². The maximum Gasteiger partial charge on any atom is 0.230 e. The molecule has 1 amide bonds. The Kier molecular flexibility index (Phi) is 4.49. The summed E-state index contributed by atoms with van der Waals surface area (Å²) in [6.07, 6.45) is 8.49. The third-order valence-electron chi connectivity index (χ3n) is 5.49. The minimum Gasteiger partial charge on any atom is -0.338 e. The Morgan fingerprint density at radius 3 is 2.68 bits per heavy atom. The quantitative estimate of drug-likeness (QED) is 0.861. The summed E-state index contributed by atoms with van der Waals surface area (Å²) in [5.74, 6) is 0.329. The molecule has 2 fully saturated rings. The summed E-state index contributed by atoms with van der Waals surface area (Å²) in [5.41, 5.74) is 2.04. The van der Waals surface area contributed by atoms with Crippen LogP contribution in [-0.4, -0.2) is 45.3 Å². The molecule has 1 spiro atoms. The molecule has 0 aliphatic carbocycles. The molecular formula is C20H24N4O. The van der Waals surface area contributed by atoms with Gasteiger partial charge in [0, 0.05) is 44.8 Å². The van der Waals surface area contributed by atoms with E-state index in [9.17, 15) is 4.79 Å². The van der Waals surface area contributed by atoms with Gasteiger partial charge in [0.25, 0.3) is 0 Å². The van der Waals surface area contributed by atoms with Crippen molar-refractivity contribution >= 4 is 5.91 Å². The molecule has 0 radical (unpaired) electrons. The van der Waals surface area contributed by atoms with Crippen LogP contribution in [0.4, 0.5) is 0 Å². The molecule has 2 aliphatic heterocycles. The average Bonchev–Trinajstić information content (AvgIpc) is 2.93. The summed E-state index contributed by atoms with van der Waals surface area (Å²) in [4.78, 5) is 26.1. The third kappa shape index (κ3) is 3.42. The van der Waals surface area contributed by atoms with E-state index < -0.39 is 0 Å². The minimum absolute atomic E-state index is 0.194. The number of nitrogens with zero attached hydrogens (tertiary/aromatic N) is 4.